The molecule has 0 spiro atoms. The predicted molar refractivity (Wildman–Crippen MR) is 61.7 cm³/mol. The molecule has 1 aliphatic rings. The third-order valence-electron chi connectivity index (χ3n) is 2.73. The molecule has 19 heavy (non-hydrogen) atoms. The fourth-order valence-corrected chi connectivity index (χ4v) is 1.81. The van der Waals surface area contributed by atoms with Gasteiger partial charge in [0.1, 0.15) is 12.2 Å². The van der Waals surface area contributed by atoms with Crippen LogP contribution in [0.15, 0.2) is 11.8 Å². The van der Waals surface area contributed by atoms with E-state index >= 15 is 0 Å². The van der Waals surface area contributed by atoms with Gasteiger partial charge in [0.25, 0.3) is 0 Å². The second-order valence-corrected chi connectivity index (χ2v) is 4.23. The van der Waals surface area contributed by atoms with E-state index in [9.17, 15) is 24.9 Å². The summed E-state index contributed by atoms with van der Waals surface area (Å²) in [5.74, 6) is -0.699. The summed E-state index contributed by atoms with van der Waals surface area (Å²) in [7, 11) is 0. The molecule has 5 N–H and O–H groups in total. The van der Waals surface area contributed by atoms with Crippen LogP contribution >= 0.6 is 0 Å². The lowest BCUT2D eigenvalue weighted by Gasteiger charge is -2.37. The molecule has 0 saturated carbocycles. The van der Waals surface area contributed by atoms with Crippen molar-refractivity contribution in [1.29, 1.82) is 0 Å². The number of allylic oxidation sites excluding steroid dienone is 1. The Labute approximate surface area is 109 Å². The highest BCUT2D eigenvalue weighted by Crippen LogP contribution is 2.21. The van der Waals surface area contributed by atoms with E-state index in [0.29, 0.717) is 6.29 Å². The summed E-state index contributed by atoms with van der Waals surface area (Å²) in [5.41, 5.74) is 0. The van der Waals surface area contributed by atoms with Gasteiger partial charge in [-0.3, -0.25) is 9.59 Å². The third kappa shape index (κ3) is 3.74. The Bertz CT molecular complexity index is 370. The summed E-state index contributed by atoms with van der Waals surface area (Å²) in [4.78, 5) is 21.7. The maximum atomic E-state index is 11.1. The maximum absolute atomic E-state index is 11.1. The van der Waals surface area contributed by atoms with Crippen molar-refractivity contribution in [3.8, 4) is 0 Å². The van der Waals surface area contributed by atoms with Crippen LogP contribution < -0.4 is 5.32 Å². The molecule has 0 saturated heterocycles. The lowest BCUT2D eigenvalue weighted by Crippen LogP contribution is -2.59. The zero-order chi connectivity index (χ0) is 14.6. The quantitative estimate of drug-likeness (QED) is 0.338. The Hall–Kier alpha value is -1.48. The van der Waals surface area contributed by atoms with Crippen molar-refractivity contribution in [1.82, 2.24) is 5.32 Å². The molecule has 0 radical (unpaired) electrons. The second-order valence-electron chi connectivity index (χ2n) is 4.23. The van der Waals surface area contributed by atoms with E-state index in [1.165, 1.54) is 6.92 Å². The first-order chi connectivity index (χ1) is 8.90. The highest BCUT2D eigenvalue weighted by atomic mass is 16.5. The number of nitrogens with one attached hydrogen (secondary N) is 1. The molecule has 1 heterocycles. The fourth-order valence-electron chi connectivity index (χ4n) is 1.81. The van der Waals surface area contributed by atoms with Gasteiger partial charge in [-0.05, 0) is 6.08 Å². The molecule has 1 aliphatic heterocycles. The molecule has 2 unspecified atom stereocenters. The van der Waals surface area contributed by atoms with Crippen molar-refractivity contribution in [2.45, 2.75) is 37.4 Å². The lowest BCUT2D eigenvalue weighted by molar-refractivity contribution is -0.134. The molecule has 0 fully saturated rings. The van der Waals surface area contributed by atoms with Gasteiger partial charge >= 0.3 is 0 Å². The molecule has 8 heteroatoms. The Morgan fingerprint density at radius 2 is 2.21 bits per heavy atom. The summed E-state index contributed by atoms with van der Waals surface area (Å²) in [6.45, 7) is 0.474. The van der Waals surface area contributed by atoms with Crippen LogP contribution in [0.3, 0.4) is 0 Å². The largest absolute Gasteiger partial charge is 0.482 e. The van der Waals surface area contributed by atoms with E-state index in [1.807, 2.05) is 0 Å². The minimum atomic E-state index is -1.58. The van der Waals surface area contributed by atoms with E-state index in [2.05, 4.69) is 5.32 Å². The van der Waals surface area contributed by atoms with Crippen molar-refractivity contribution in [2.24, 2.45) is 0 Å². The summed E-state index contributed by atoms with van der Waals surface area (Å²) < 4.78 is 5.10. The van der Waals surface area contributed by atoms with Crippen LogP contribution in [-0.2, 0) is 14.3 Å². The number of aldehydes is 1. The van der Waals surface area contributed by atoms with Crippen LogP contribution in [0, 0.1) is 0 Å². The summed E-state index contributed by atoms with van der Waals surface area (Å²) >= 11 is 0. The summed E-state index contributed by atoms with van der Waals surface area (Å²) in [6, 6.07) is -1.04. The monoisotopic (exact) mass is 275 g/mol. The maximum Gasteiger partial charge on any atom is 0.217 e. The average molecular weight is 275 g/mol. The fraction of sp³-hybridized carbons (Fsp3) is 0.636. The zero-order valence-electron chi connectivity index (χ0n) is 10.3. The van der Waals surface area contributed by atoms with Gasteiger partial charge in [-0.1, -0.05) is 0 Å². The van der Waals surface area contributed by atoms with Gasteiger partial charge in [0, 0.05) is 6.92 Å². The molecule has 0 aliphatic carbocycles. The van der Waals surface area contributed by atoms with Gasteiger partial charge in [0.05, 0.1) is 18.8 Å². The molecule has 108 valence electrons. The minimum absolute atomic E-state index is 0.219. The molecule has 1 rings (SSSR count). The first kappa shape index (κ1) is 15.6. The molecule has 1 amide bonds. The van der Waals surface area contributed by atoms with Crippen molar-refractivity contribution in [3.05, 3.63) is 11.8 Å². The van der Waals surface area contributed by atoms with Crippen LogP contribution in [-0.4, -0.2) is 69.7 Å². The Morgan fingerprint density at radius 1 is 1.58 bits per heavy atom. The van der Waals surface area contributed by atoms with Gasteiger partial charge < -0.3 is 30.5 Å². The standard InChI is InChI=1S/C11H17NO7/c1-5(15)12-9-7(16)2-6(3-13)19-11(9)10(18)8(17)4-14/h2-3,7-11,14,16-18H,4H2,1H3,(H,12,15)/t7?,8-,9-,10-,11?/m1/s1. The van der Waals surface area contributed by atoms with E-state index in [0.717, 1.165) is 6.08 Å². The van der Waals surface area contributed by atoms with Gasteiger partial charge in [-0.2, -0.15) is 0 Å². The molecule has 0 aromatic rings. The molecular weight excluding hydrogens is 258 g/mol. The van der Waals surface area contributed by atoms with Crippen LogP contribution in [0.2, 0.25) is 0 Å². The number of carbonyl (C=O) groups excluding carboxylic acids is 2. The predicted octanol–water partition coefficient (Wildman–Crippen LogP) is -2.95. The number of ether oxygens (including phenoxy) is 1. The van der Waals surface area contributed by atoms with Crippen molar-refractivity contribution in [3.63, 3.8) is 0 Å². The van der Waals surface area contributed by atoms with E-state index in [4.69, 9.17) is 9.84 Å². The first-order valence-corrected chi connectivity index (χ1v) is 5.66. The molecule has 5 atom stereocenters. The minimum Gasteiger partial charge on any atom is -0.482 e. The third-order valence-corrected chi connectivity index (χ3v) is 2.73. The van der Waals surface area contributed by atoms with Crippen LogP contribution in [0.5, 0.6) is 0 Å². The smallest absolute Gasteiger partial charge is 0.217 e. The number of aliphatic hydroxyl groups excluding tert-OH is 4. The highest BCUT2D eigenvalue weighted by molar-refractivity contribution is 5.74. The van der Waals surface area contributed by atoms with Gasteiger partial charge in [-0.25, -0.2) is 0 Å². The SMILES string of the molecule is CC(=O)N[C@@H]1C(O)C=C(C=O)OC1[C@H](O)[C@H](O)CO. The molecule has 8 nitrogen and oxygen atoms in total. The highest BCUT2D eigenvalue weighted by Gasteiger charge is 2.41. The van der Waals surface area contributed by atoms with Crippen LogP contribution in [0.4, 0.5) is 0 Å². The summed E-state index contributed by atoms with van der Waals surface area (Å²) in [5, 5.41) is 40.2. The van der Waals surface area contributed by atoms with Crippen molar-refractivity contribution >= 4 is 12.2 Å². The number of amides is 1. The van der Waals surface area contributed by atoms with Crippen LogP contribution in [0.25, 0.3) is 0 Å². The Balaban J connectivity index is 2.97. The van der Waals surface area contributed by atoms with E-state index in [-0.39, 0.29) is 5.76 Å². The van der Waals surface area contributed by atoms with Crippen molar-refractivity contribution in [2.75, 3.05) is 6.61 Å². The topological polar surface area (TPSA) is 136 Å². The summed E-state index contributed by atoms with van der Waals surface area (Å²) in [6.07, 6.45) is -4.21. The normalized spacial score (nSPS) is 29.7. The number of aliphatic hydroxyl groups is 4. The van der Waals surface area contributed by atoms with Gasteiger partial charge in [-0.15, -0.1) is 0 Å². The number of hydrogen-bond donors (Lipinski definition) is 5. The zero-order valence-corrected chi connectivity index (χ0v) is 10.3. The van der Waals surface area contributed by atoms with E-state index < -0.39 is 43.0 Å². The number of rotatable bonds is 5. The average Bonchev–Trinajstić information content (AvgIpc) is 2.38. The molecule has 0 aromatic carbocycles. The molecule has 0 bridgehead atoms. The number of hydrogen-bond acceptors (Lipinski definition) is 7. The van der Waals surface area contributed by atoms with Gasteiger partial charge in [0.15, 0.2) is 18.1 Å². The number of carbonyl (C=O) groups is 2. The van der Waals surface area contributed by atoms with Crippen molar-refractivity contribution < 1.29 is 34.8 Å². The Morgan fingerprint density at radius 3 is 2.68 bits per heavy atom. The second kappa shape index (κ2) is 6.62. The van der Waals surface area contributed by atoms with Gasteiger partial charge in [0.2, 0.25) is 5.91 Å². The Kier molecular flexibility index (Phi) is 5.43. The molecular formula is C11H17NO7. The van der Waals surface area contributed by atoms with Crippen LogP contribution in [0.1, 0.15) is 6.92 Å². The van der Waals surface area contributed by atoms with E-state index in [1.54, 1.807) is 0 Å². The first-order valence-electron chi connectivity index (χ1n) is 5.66. The lowest BCUT2D eigenvalue weighted by atomic mass is 9.94. The molecule has 0 aromatic heterocycles.